The Morgan fingerprint density at radius 1 is 1.12 bits per heavy atom. The molecule has 128 valence electrons. The minimum absolute atomic E-state index is 0.215. The van der Waals surface area contributed by atoms with Crippen molar-refractivity contribution in [2.75, 3.05) is 11.4 Å². The molecule has 0 saturated heterocycles. The van der Waals surface area contributed by atoms with Crippen LogP contribution in [0.2, 0.25) is 5.02 Å². The Kier molecular flexibility index (Phi) is 6.02. The summed E-state index contributed by atoms with van der Waals surface area (Å²) in [5.41, 5.74) is 1.26. The Morgan fingerprint density at radius 2 is 1.79 bits per heavy atom. The van der Waals surface area contributed by atoms with Crippen LogP contribution in [0.1, 0.15) is 19.4 Å². The Hall–Kier alpha value is -1.85. The lowest BCUT2D eigenvalue weighted by atomic mass is 10.2. The number of rotatable bonds is 6. The minimum atomic E-state index is -3.64. The topological polar surface area (TPSA) is 54.5 Å². The van der Waals surface area contributed by atoms with Crippen molar-refractivity contribution in [1.82, 2.24) is 0 Å². The first kappa shape index (κ1) is 18.5. The number of amides is 1. The van der Waals surface area contributed by atoms with Gasteiger partial charge in [-0.1, -0.05) is 41.9 Å². The average Bonchev–Trinajstić information content (AvgIpc) is 2.55. The van der Waals surface area contributed by atoms with Crippen molar-refractivity contribution in [1.29, 1.82) is 0 Å². The summed E-state index contributed by atoms with van der Waals surface area (Å²) in [7, 11) is -3.64. The lowest BCUT2D eigenvalue weighted by molar-refractivity contribution is -0.117. The molecule has 1 atom stereocenters. The summed E-state index contributed by atoms with van der Waals surface area (Å²) in [4.78, 5) is 14.2. The van der Waals surface area contributed by atoms with Crippen LogP contribution in [0.3, 0.4) is 0 Å². The number of nitrogens with zero attached hydrogens (tertiary/aromatic N) is 1. The standard InChI is InChI=1S/C18H20ClNO3S/c1-3-20(17-10-5-4-6-11-17)18(21)14(2)24(22,23)13-15-8-7-9-16(19)12-15/h4-12,14H,3,13H2,1-2H3/t14-/m1/s1. The maximum atomic E-state index is 12.7. The van der Waals surface area contributed by atoms with Gasteiger partial charge in [0.05, 0.1) is 5.75 Å². The molecule has 2 aromatic rings. The fourth-order valence-electron chi connectivity index (χ4n) is 2.43. The molecule has 0 aliphatic heterocycles. The Balaban J connectivity index is 2.22. The van der Waals surface area contributed by atoms with Crippen molar-refractivity contribution in [3.63, 3.8) is 0 Å². The molecule has 2 rings (SSSR count). The van der Waals surface area contributed by atoms with Crippen LogP contribution in [0.4, 0.5) is 5.69 Å². The molecule has 6 heteroatoms. The first-order chi connectivity index (χ1) is 11.3. The summed E-state index contributed by atoms with van der Waals surface area (Å²) in [6.07, 6.45) is 0. The number of sulfone groups is 1. The van der Waals surface area contributed by atoms with Gasteiger partial charge in [0.25, 0.3) is 0 Å². The monoisotopic (exact) mass is 365 g/mol. The number of carbonyl (C=O) groups excluding carboxylic acids is 1. The molecule has 24 heavy (non-hydrogen) atoms. The summed E-state index contributed by atoms with van der Waals surface area (Å²) in [5.74, 6) is -0.641. The van der Waals surface area contributed by atoms with Gasteiger partial charge in [-0.2, -0.15) is 0 Å². The first-order valence-corrected chi connectivity index (χ1v) is 9.77. The van der Waals surface area contributed by atoms with Crippen molar-refractivity contribution in [3.8, 4) is 0 Å². The van der Waals surface area contributed by atoms with Crippen LogP contribution in [0.25, 0.3) is 0 Å². The normalized spacial score (nSPS) is 12.6. The molecule has 0 saturated carbocycles. The van der Waals surface area contributed by atoms with E-state index in [2.05, 4.69) is 0 Å². The summed E-state index contributed by atoms with van der Waals surface area (Å²) < 4.78 is 25.2. The highest BCUT2D eigenvalue weighted by atomic mass is 35.5. The lowest BCUT2D eigenvalue weighted by Gasteiger charge is -2.24. The molecule has 0 aliphatic carbocycles. The second-order valence-electron chi connectivity index (χ2n) is 5.50. The summed E-state index contributed by atoms with van der Waals surface area (Å²) in [5, 5.41) is -0.655. The maximum Gasteiger partial charge on any atom is 0.245 e. The number of carbonyl (C=O) groups is 1. The molecule has 0 radical (unpaired) electrons. The van der Waals surface area contributed by atoms with Crippen LogP contribution in [-0.2, 0) is 20.4 Å². The second-order valence-corrected chi connectivity index (χ2v) is 8.26. The van der Waals surface area contributed by atoms with Gasteiger partial charge in [0, 0.05) is 17.3 Å². The van der Waals surface area contributed by atoms with E-state index in [1.807, 2.05) is 25.1 Å². The molecule has 0 fully saturated rings. The number of hydrogen-bond donors (Lipinski definition) is 0. The van der Waals surface area contributed by atoms with Crippen LogP contribution in [0, 0.1) is 0 Å². The average molecular weight is 366 g/mol. The molecule has 1 amide bonds. The number of benzene rings is 2. The molecule has 4 nitrogen and oxygen atoms in total. The molecule has 2 aromatic carbocycles. The molecule has 0 N–H and O–H groups in total. The third-order valence-electron chi connectivity index (χ3n) is 3.79. The fourth-order valence-corrected chi connectivity index (χ4v) is 3.97. The number of para-hydroxylation sites is 1. The van der Waals surface area contributed by atoms with Crippen molar-refractivity contribution < 1.29 is 13.2 Å². The third kappa shape index (κ3) is 4.36. The summed E-state index contributed by atoms with van der Waals surface area (Å²) in [6, 6.07) is 15.7. The van der Waals surface area contributed by atoms with E-state index >= 15 is 0 Å². The Labute approximate surface area is 148 Å². The lowest BCUT2D eigenvalue weighted by Crippen LogP contribution is -2.42. The van der Waals surface area contributed by atoms with Gasteiger partial charge >= 0.3 is 0 Å². The molecule has 0 unspecified atom stereocenters. The van der Waals surface area contributed by atoms with Crippen molar-refractivity contribution >= 4 is 33.0 Å². The molecule has 0 spiro atoms. The van der Waals surface area contributed by atoms with Crippen LogP contribution in [0.5, 0.6) is 0 Å². The fraction of sp³-hybridized carbons (Fsp3) is 0.278. The van der Waals surface area contributed by atoms with E-state index in [4.69, 9.17) is 11.6 Å². The van der Waals surface area contributed by atoms with E-state index in [0.717, 1.165) is 0 Å². The van der Waals surface area contributed by atoms with Gasteiger partial charge in [0.15, 0.2) is 9.84 Å². The van der Waals surface area contributed by atoms with E-state index in [1.165, 1.54) is 11.8 Å². The zero-order chi connectivity index (χ0) is 17.7. The largest absolute Gasteiger partial charge is 0.312 e. The first-order valence-electron chi connectivity index (χ1n) is 7.67. The van der Waals surface area contributed by atoms with Gasteiger partial charge in [-0.05, 0) is 43.7 Å². The van der Waals surface area contributed by atoms with Gasteiger partial charge in [-0.3, -0.25) is 4.79 Å². The van der Waals surface area contributed by atoms with Crippen LogP contribution < -0.4 is 4.90 Å². The number of hydrogen-bond acceptors (Lipinski definition) is 3. The van der Waals surface area contributed by atoms with Crippen molar-refractivity contribution in [3.05, 3.63) is 65.2 Å². The molecular formula is C18H20ClNO3S. The Morgan fingerprint density at radius 3 is 2.38 bits per heavy atom. The zero-order valence-corrected chi connectivity index (χ0v) is 15.2. The quantitative estimate of drug-likeness (QED) is 0.784. The summed E-state index contributed by atoms with van der Waals surface area (Å²) >= 11 is 5.90. The smallest absolute Gasteiger partial charge is 0.245 e. The van der Waals surface area contributed by atoms with Crippen molar-refractivity contribution in [2.45, 2.75) is 24.9 Å². The van der Waals surface area contributed by atoms with E-state index in [9.17, 15) is 13.2 Å². The zero-order valence-electron chi connectivity index (χ0n) is 13.6. The predicted molar refractivity (Wildman–Crippen MR) is 98.0 cm³/mol. The minimum Gasteiger partial charge on any atom is -0.312 e. The SMILES string of the molecule is CCN(C(=O)[C@@H](C)S(=O)(=O)Cc1cccc(Cl)c1)c1ccccc1. The van der Waals surface area contributed by atoms with E-state index < -0.39 is 21.0 Å². The highest BCUT2D eigenvalue weighted by Gasteiger charge is 2.31. The molecule has 0 aliphatic rings. The second kappa shape index (κ2) is 7.81. The maximum absolute atomic E-state index is 12.7. The Bertz CT molecular complexity index is 806. The van der Waals surface area contributed by atoms with Gasteiger partial charge in [0.1, 0.15) is 5.25 Å². The van der Waals surface area contributed by atoms with Crippen molar-refractivity contribution in [2.24, 2.45) is 0 Å². The highest BCUT2D eigenvalue weighted by Crippen LogP contribution is 2.20. The van der Waals surface area contributed by atoms with E-state index in [1.54, 1.807) is 36.4 Å². The third-order valence-corrected chi connectivity index (χ3v) is 6.04. The van der Waals surface area contributed by atoms with Crippen LogP contribution >= 0.6 is 11.6 Å². The molecule has 0 aromatic heterocycles. The number of halogens is 1. The van der Waals surface area contributed by atoms with Gasteiger partial charge < -0.3 is 4.90 Å². The van der Waals surface area contributed by atoms with E-state index in [-0.39, 0.29) is 5.75 Å². The molecule has 0 heterocycles. The van der Waals surface area contributed by atoms with Crippen LogP contribution in [0.15, 0.2) is 54.6 Å². The van der Waals surface area contributed by atoms with Gasteiger partial charge in [-0.15, -0.1) is 0 Å². The highest BCUT2D eigenvalue weighted by molar-refractivity contribution is 7.92. The van der Waals surface area contributed by atoms with Gasteiger partial charge in [0.2, 0.25) is 5.91 Å². The molecule has 0 bridgehead atoms. The molecular weight excluding hydrogens is 346 g/mol. The summed E-state index contributed by atoms with van der Waals surface area (Å²) in [6.45, 7) is 3.66. The van der Waals surface area contributed by atoms with E-state index in [0.29, 0.717) is 22.8 Å². The van der Waals surface area contributed by atoms with Crippen LogP contribution in [-0.4, -0.2) is 26.1 Å². The predicted octanol–water partition coefficient (Wildman–Crippen LogP) is 3.70. The number of anilines is 1. The van der Waals surface area contributed by atoms with Gasteiger partial charge in [-0.25, -0.2) is 8.42 Å².